The number of halogens is 3. The summed E-state index contributed by atoms with van der Waals surface area (Å²) in [4.78, 5) is -0.237. The summed E-state index contributed by atoms with van der Waals surface area (Å²) in [5, 5.41) is 0. The highest BCUT2D eigenvalue weighted by Crippen LogP contribution is 2.29. The van der Waals surface area contributed by atoms with Gasteiger partial charge in [-0.2, -0.15) is 13.2 Å². The molecule has 0 heterocycles. The summed E-state index contributed by atoms with van der Waals surface area (Å²) in [7, 11) is -3.97. The van der Waals surface area contributed by atoms with Crippen molar-refractivity contribution in [2.24, 2.45) is 0 Å². The normalized spacial score (nSPS) is 13.8. The zero-order chi connectivity index (χ0) is 17.7. The monoisotopic (exact) mass is 345 g/mol. The van der Waals surface area contributed by atoms with Gasteiger partial charge in [0, 0.05) is 5.70 Å². The van der Waals surface area contributed by atoms with Crippen molar-refractivity contribution in [3.05, 3.63) is 65.9 Å². The van der Waals surface area contributed by atoms with Crippen LogP contribution in [0.25, 0.3) is 0 Å². The van der Waals surface area contributed by atoms with Gasteiger partial charge in [-0.25, -0.2) is 8.42 Å². The van der Waals surface area contributed by atoms with Gasteiger partial charge < -0.3 is 0 Å². The number of rotatable bonds is 6. The number of sulfonamides is 1. The Morgan fingerprint density at radius 3 is 2.13 bits per heavy atom. The first-order valence-electron chi connectivity index (χ1n) is 6.78. The molecule has 0 amide bonds. The van der Waals surface area contributed by atoms with Gasteiger partial charge in [-0.15, -0.1) is 6.58 Å². The maximum absolute atomic E-state index is 12.5. The van der Waals surface area contributed by atoms with Gasteiger partial charge in [0.25, 0.3) is 10.0 Å². The predicted octanol–water partition coefficient (Wildman–Crippen LogP) is 4.41. The predicted molar refractivity (Wildman–Crippen MR) is 84.1 cm³/mol. The van der Waals surface area contributed by atoms with Crippen molar-refractivity contribution in [1.82, 2.24) is 4.72 Å². The smallest absolute Gasteiger partial charge is 0.280 e. The van der Waals surface area contributed by atoms with Crippen LogP contribution in [-0.4, -0.2) is 8.42 Å². The largest absolute Gasteiger partial charge is 0.416 e. The van der Waals surface area contributed by atoms with E-state index in [9.17, 15) is 21.6 Å². The number of nitrogens with one attached hydrogen (secondary N) is 1. The molecule has 23 heavy (non-hydrogen) atoms. The van der Waals surface area contributed by atoms with Gasteiger partial charge in [0.15, 0.2) is 0 Å². The van der Waals surface area contributed by atoms with Crippen LogP contribution in [0.5, 0.6) is 0 Å². The van der Waals surface area contributed by atoms with E-state index in [4.69, 9.17) is 0 Å². The number of hydrogen-bond acceptors (Lipinski definition) is 2. The second kappa shape index (κ2) is 7.50. The van der Waals surface area contributed by atoms with Gasteiger partial charge in [0.2, 0.25) is 0 Å². The molecule has 0 aliphatic rings. The third-order valence-electron chi connectivity index (χ3n) is 3.08. The van der Waals surface area contributed by atoms with E-state index >= 15 is 0 Å². The van der Waals surface area contributed by atoms with E-state index in [1.807, 2.05) is 0 Å². The fourth-order valence-electron chi connectivity index (χ4n) is 1.88. The molecule has 0 unspecified atom stereocenters. The molecule has 126 valence electrons. The second-order valence-corrected chi connectivity index (χ2v) is 6.32. The lowest BCUT2D eigenvalue weighted by Crippen LogP contribution is -2.24. The van der Waals surface area contributed by atoms with E-state index in [2.05, 4.69) is 11.3 Å². The average Bonchev–Trinajstić information content (AvgIpc) is 2.50. The molecule has 1 aromatic carbocycles. The van der Waals surface area contributed by atoms with Gasteiger partial charge in [-0.1, -0.05) is 18.2 Å². The molecule has 0 saturated heterocycles. The summed E-state index contributed by atoms with van der Waals surface area (Å²) in [6, 6.07) is 3.34. The van der Waals surface area contributed by atoms with Crippen LogP contribution in [0, 0.1) is 0 Å². The SMILES string of the molecule is C=CCC(=CC)C(=CC)NS(=O)(=O)c1ccc(C(F)(F)F)cc1. The minimum absolute atomic E-state index is 0.237. The fourth-order valence-corrected chi connectivity index (χ4v) is 3.03. The van der Waals surface area contributed by atoms with Crippen LogP contribution in [0.1, 0.15) is 25.8 Å². The highest BCUT2D eigenvalue weighted by atomic mass is 32.2. The molecule has 1 N–H and O–H groups in total. The maximum Gasteiger partial charge on any atom is 0.416 e. The Labute approximate surface area is 134 Å². The standard InChI is InChI=1S/C16H18F3NO2S/c1-4-7-12(5-2)15(6-3)20-23(21,22)14-10-8-13(9-11-14)16(17,18)19/h4-6,8-11,20H,1,7H2,2-3H3. The van der Waals surface area contributed by atoms with Crippen molar-refractivity contribution in [3.8, 4) is 0 Å². The molecule has 0 bridgehead atoms. The topological polar surface area (TPSA) is 46.2 Å². The molecule has 1 rings (SSSR count). The van der Waals surface area contributed by atoms with Crippen molar-refractivity contribution in [2.45, 2.75) is 31.3 Å². The Bertz CT molecular complexity index is 715. The fraction of sp³-hybridized carbons (Fsp3) is 0.250. The lowest BCUT2D eigenvalue weighted by Gasteiger charge is -2.14. The number of allylic oxidation sites excluding steroid dienone is 4. The summed E-state index contributed by atoms with van der Waals surface area (Å²) < 4.78 is 64.6. The summed E-state index contributed by atoms with van der Waals surface area (Å²) in [6.45, 7) is 7.02. The van der Waals surface area contributed by atoms with E-state index in [1.165, 1.54) is 0 Å². The number of alkyl halides is 3. The Hall–Kier alpha value is -2.02. The van der Waals surface area contributed by atoms with E-state index in [0.717, 1.165) is 29.8 Å². The van der Waals surface area contributed by atoms with Crippen molar-refractivity contribution < 1.29 is 21.6 Å². The molecule has 0 aromatic heterocycles. The minimum Gasteiger partial charge on any atom is -0.280 e. The number of benzene rings is 1. The first kappa shape index (κ1) is 19.0. The molecular weight excluding hydrogens is 327 g/mol. The molecule has 0 spiro atoms. The molecule has 0 aliphatic heterocycles. The van der Waals surface area contributed by atoms with Crippen LogP contribution in [0.3, 0.4) is 0 Å². The molecule has 0 atom stereocenters. The van der Waals surface area contributed by atoms with Crippen molar-refractivity contribution >= 4 is 10.0 Å². The quantitative estimate of drug-likeness (QED) is 0.613. The van der Waals surface area contributed by atoms with E-state index < -0.39 is 21.8 Å². The van der Waals surface area contributed by atoms with Crippen molar-refractivity contribution in [3.63, 3.8) is 0 Å². The highest BCUT2D eigenvalue weighted by Gasteiger charge is 2.30. The Balaban J connectivity index is 3.10. The van der Waals surface area contributed by atoms with Gasteiger partial charge in [-0.05, 0) is 50.1 Å². The van der Waals surface area contributed by atoms with Crippen molar-refractivity contribution in [2.75, 3.05) is 0 Å². The molecule has 0 saturated carbocycles. The lowest BCUT2D eigenvalue weighted by molar-refractivity contribution is -0.137. The third kappa shape index (κ3) is 4.99. The van der Waals surface area contributed by atoms with Gasteiger partial charge >= 0.3 is 6.18 Å². The van der Waals surface area contributed by atoms with Crippen LogP contribution in [0.15, 0.2) is 65.2 Å². The second-order valence-electron chi connectivity index (χ2n) is 4.64. The lowest BCUT2D eigenvalue weighted by atomic mass is 10.1. The van der Waals surface area contributed by atoms with Crippen molar-refractivity contribution in [1.29, 1.82) is 0 Å². The molecular formula is C16H18F3NO2S. The molecule has 0 aliphatic carbocycles. The Morgan fingerprint density at radius 2 is 1.74 bits per heavy atom. The van der Waals surface area contributed by atoms with Gasteiger partial charge in [-0.3, -0.25) is 4.72 Å². The van der Waals surface area contributed by atoms with Crippen LogP contribution in [0.4, 0.5) is 13.2 Å². The molecule has 1 aromatic rings. The van der Waals surface area contributed by atoms with Crippen LogP contribution in [0.2, 0.25) is 0 Å². The Kier molecular flexibility index (Phi) is 6.20. The van der Waals surface area contributed by atoms with Gasteiger partial charge in [0.1, 0.15) is 0 Å². The first-order valence-corrected chi connectivity index (χ1v) is 8.27. The van der Waals surface area contributed by atoms with E-state index in [1.54, 1.807) is 32.1 Å². The van der Waals surface area contributed by atoms with Crippen LogP contribution in [-0.2, 0) is 16.2 Å². The summed E-state index contributed by atoms with van der Waals surface area (Å²) >= 11 is 0. The average molecular weight is 345 g/mol. The van der Waals surface area contributed by atoms with E-state index in [-0.39, 0.29) is 4.90 Å². The molecule has 3 nitrogen and oxygen atoms in total. The van der Waals surface area contributed by atoms with Crippen LogP contribution < -0.4 is 4.72 Å². The zero-order valence-electron chi connectivity index (χ0n) is 12.8. The van der Waals surface area contributed by atoms with Gasteiger partial charge in [0.05, 0.1) is 10.5 Å². The molecule has 0 radical (unpaired) electrons. The maximum atomic E-state index is 12.5. The summed E-state index contributed by atoms with van der Waals surface area (Å²) in [6.07, 6.45) is 0.913. The minimum atomic E-state index is -4.51. The first-order chi connectivity index (χ1) is 10.7. The Morgan fingerprint density at radius 1 is 1.17 bits per heavy atom. The third-order valence-corrected chi connectivity index (χ3v) is 4.47. The zero-order valence-corrected chi connectivity index (χ0v) is 13.6. The highest BCUT2D eigenvalue weighted by molar-refractivity contribution is 7.89. The summed E-state index contributed by atoms with van der Waals surface area (Å²) in [5.74, 6) is 0. The molecule has 0 fully saturated rings. The van der Waals surface area contributed by atoms with E-state index in [0.29, 0.717) is 12.1 Å². The van der Waals surface area contributed by atoms with Crippen LogP contribution >= 0.6 is 0 Å². The summed E-state index contributed by atoms with van der Waals surface area (Å²) in [5.41, 5.74) is 0.189. The molecule has 7 heteroatoms. The number of hydrogen-bond donors (Lipinski definition) is 1.